The summed E-state index contributed by atoms with van der Waals surface area (Å²) in [5, 5.41) is 0. The zero-order valence-electron chi connectivity index (χ0n) is 24.0. The summed E-state index contributed by atoms with van der Waals surface area (Å²) >= 11 is 0. The lowest BCUT2D eigenvalue weighted by molar-refractivity contribution is 0.414. The molecule has 0 unspecified atom stereocenters. The number of hydrogen-bond donors (Lipinski definition) is 2. The van der Waals surface area contributed by atoms with E-state index in [1.54, 1.807) is 68.8 Å². The number of benzene rings is 4. The summed E-state index contributed by atoms with van der Waals surface area (Å²) < 4.78 is 41.6. The minimum absolute atomic E-state index is 0.0425. The topological polar surface area (TPSA) is 100 Å². The highest BCUT2D eigenvalue weighted by atomic mass is 19.2. The van der Waals surface area contributed by atoms with Crippen LogP contribution in [0.15, 0.2) is 119 Å². The molecule has 1 aliphatic heterocycles. The number of ether oxygens (including phenoxy) is 2. The number of rotatable bonds is 8. The van der Waals surface area contributed by atoms with Crippen molar-refractivity contribution >= 4 is 41.7 Å². The van der Waals surface area contributed by atoms with Crippen molar-refractivity contribution in [3.05, 3.63) is 120 Å². The molecule has 0 saturated heterocycles. The number of amidine groups is 1. The van der Waals surface area contributed by atoms with E-state index in [1.807, 2.05) is 54.6 Å². The molecule has 218 valence electrons. The number of allylic oxidation sites excluding steroid dienone is 1. The fourth-order valence-electron chi connectivity index (χ4n) is 5.15. The number of aromatic nitrogens is 1. The Morgan fingerprint density at radius 2 is 1.27 bits per heavy atom. The van der Waals surface area contributed by atoms with Crippen LogP contribution < -0.4 is 20.9 Å². The van der Waals surface area contributed by atoms with Crippen molar-refractivity contribution in [3.63, 3.8) is 0 Å². The minimum atomic E-state index is -2.91. The zero-order chi connectivity index (χ0) is 30.8. The lowest BCUT2D eigenvalue weighted by Gasteiger charge is -2.11. The standard InChI is InChI=1S/C34H28BF2N5O2/c1-43-27-13-9-21(10-14-27)31-19-29(23-5-3-7-25(38)17-23)33(40-31)41-34-30(24-6-4-8-26(39)18-24)20-32(42(34)35(36)37)22-11-15-28(44-2)16-12-22/h3-20H,38-39H2,1-2H3/b41-33-. The first-order valence-electron chi connectivity index (χ1n) is 13.8. The molecule has 0 atom stereocenters. The fraction of sp³-hybridized carbons (Fsp3) is 0.0588. The number of nitrogen functional groups attached to an aromatic ring is 2. The van der Waals surface area contributed by atoms with Crippen molar-refractivity contribution in [2.75, 3.05) is 25.7 Å². The number of hydrogen-bond acceptors (Lipinski definition) is 5. The van der Waals surface area contributed by atoms with Crippen LogP contribution in [0.25, 0.3) is 28.0 Å². The van der Waals surface area contributed by atoms with Crippen LogP contribution in [0.4, 0.5) is 25.8 Å². The smallest absolute Gasteiger partial charge is 0.497 e. The van der Waals surface area contributed by atoms with E-state index in [2.05, 4.69) is 0 Å². The molecule has 0 aliphatic carbocycles. The van der Waals surface area contributed by atoms with Crippen molar-refractivity contribution in [1.29, 1.82) is 0 Å². The number of nitrogens with two attached hydrogens (primary N) is 2. The molecule has 0 spiro atoms. The van der Waals surface area contributed by atoms with Gasteiger partial charge < -0.3 is 25.4 Å². The summed E-state index contributed by atoms with van der Waals surface area (Å²) in [5.41, 5.74) is 18.1. The van der Waals surface area contributed by atoms with Crippen LogP contribution in [0.1, 0.15) is 11.1 Å². The van der Waals surface area contributed by atoms with E-state index in [4.69, 9.17) is 30.9 Å². The molecule has 0 saturated carbocycles. The molecule has 7 nitrogen and oxygen atoms in total. The van der Waals surface area contributed by atoms with E-state index in [9.17, 15) is 0 Å². The van der Waals surface area contributed by atoms with Crippen LogP contribution in [0.5, 0.6) is 11.5 Å². The largest absolute Gasteiger partial charge is 0.679 e. The predicted molar refractivity (Wildman–Crippen MR) is 175 cm³/mol. The number of methoxy groups -OCH3 is 2. The van der Waals surface area contributed by atoms with E-state index in [-0.39, 0.29) is 17.3 Å². The van der Waals surface area contributed by atoms with Crippen molar-refractivity contribution < 1.29 is 18.1 Å². The summed E-state index contributed by atoms with van der Waals surface area (Å²) in [4.78, 5) is 9.72. The monoisotopic (exact) mass is 587 g/mol. The maximum Gasteiger partial charge on any atom is 0.679 e. The maximum atomic E-state index is 15.1. The normalized spacial score (nSPS) is 13.5. The second kappa shape index (κ2) is 11.9. The van der Waals surface area contributed by atoms with Gasteiger partial charge in [-0.3, -0.25) is 8.63 Å². The van der Waals surface area contributed by atoms with Gasteiger partial charge in [-0.15, -0.1) is 0 Å². The number of halogens is 2. The van der Waals surface area contributed by atoms with Gasteiger partial charge in [0.15, 0.2) is 5.84 Å². The van der Waals surface area contributed by atoms with Crippen LogP contribution in [-0.2, 0) is 0 Å². The fourth-order valence-corrected chi connectivity index (χ4v) is 5.15. The molecule has 44 heavy (non-hydrogen) atoms. The van der Waals surface area contributed by atoms with E-state index >= 15 is 8.63 Å². The van der Waals surface area contributed by atoms with Gasteiger partial charge in [0.05, 0.1) is 19.9 Å². The second-order valence-electron chi connectivity index (χ2n) is 10.1. The van der Waals surface area contributed by atoms with Gasteiger partial charge in [-0.05, 0) is 102 Å². The number of aliphatic imine (C=N–C) groups is 2. The average molecular weight is 587 g/mol. The lowest BCUT2D eigenvalue weighted by atomic mass is 10.0. The summed E-state index contributed by atoms with van der Waals surface area (Å²) in [6.45, 7) is 0. The van der Waals surface area contributed by atoms with Gasteiger partial charge in [-0.25, -0.2) is 9.98 Å². The Balaban J connectivity index is 1.59. The van der Waals surface area contributed by atoms with Crippen molar-refractivity contribution in [3.8, 4) is 33.9 Å². The Labute approximate surface area is 254 Å². The highest BCUT2D eigenvalue weighted by Gasteiger charge is 2.30. The minimum Gasteiger partial charge on any atom is -0.497 e. The Kier molecular flexibility index (Phi) is 7.72. The van der Waals surface area contributed by atoms with Crippen molar-refractivity contribution in [2.24, 2.45) is 9.98 Å². The van der Waals surface area contributed by atoms with E-state index in [1.165, 1.54) is 0 Å². The highest BCUT2D eigenvalue weighted by molar-refractivity contribution is 6.43. The molecule has 4 aromatic carbocycles. The Morgan fingerprint density at radius 1 is 0.705 bits per heavy atom. The second-order valence-corrected chi connectivity index (χ2v) is 10.1. The van der Waals surface area contributed by atoms with E-state index in [0.29, 0.717) is 50.8 Å². The van der Waals surface area contributed by atoms with Crippen LogP contribution in [0.2, 0.25) is 0 Å². The Bertz CT molecular complexity index is 1930. The lowest BCUT2D eigenvalue weighted by Crippen LogP contribution is -2.14. The van der Waals surface area contributed by atoms with Crippen molar-refractivity contribution in [2.45, 2.75) is 0 Å². The molecule has 1 aliphatic rings. The Morgan fingerprint density at radius 3 is 1.84 bits per heavy atom. The molecule has 5 aromatic rings. The first-order valence-corrected chi connectivity index (χ1v) is 13.8. The summed E-state index contributed by atoms with van der Waals surface area (Å²) in [6, 6.07) is 30.5. The van der Waals surface area contributed by atoms with Crippen LogP contribution in [0, 0.1) is 0 Å². The number of nitrogens with zero attached hydrogens (tertiary/aromatic N) is 3. The molecule has 4 N–H and O–H groups in total. The first-order chi connectivity index (χ1) is 21.3. The van der Waals surface area contributed by atoms with Crippen LogP contribution >= 0.6 is 0 Å². The van der Waals surface area contributed by atoms with Gasteiger partial charge in [-0.2, -0.15) is 0 Å². The van der Waals surface area contributed by atoms with Crippen LogP contribution in [0.3, 0.4) is 0 Å². The molecule has 0 fully saturated rings. The molecular weight excluding hydrogens is 559 g/mol. The molecule has 10 heteroatoms. The van der Waals surface area contributed by atoms with Gasteiger partial charge in [-0.1, -0.05) is 24.3 Å². The zero-order valence-corrected chi connectivity index (χ0v) is 24.0. The highest BCUT2D eigenvalue weighted by Crippen LogP contribution is 2.41. The molecule has 0 radical (unpaired) electrons. The average Bonchev–Trinajstić information content (AvgIpc) is 3.63. The van der Waals surface area contributed by atoms with Gasteiger partial charge in [0.2, 0.25) is 0 Å². The van der Waals surface area contributed by atoms with Crippen LogP contribution in [-0.4, -0.2) is 37.6 Å². The number of anilines is 2. The SMILES string of the molecule is COc1ccc(C2=N/C(=N\c3c(-c4cccc(N)c4)cc(-c4ccc(OC)cc4)n3B(F)F)C(c3cccc(N)c3)=C2)cc1. The van der Waals surface area contributed by atoms with Gasteiger partial charge in [0, 0.05) is 33.8 Å². The summed E-state index contributed by atoms with van der Waals surface area (Å²) in [7, 11) is 0.241. The molecule has 2 heterocycles. The predicted octanol–water partition coefficient (Wildman–Crippen LogP) is 7.39. The molecule has 0 bridgehead atoms. The molecule has 6 rings (SSSR count). The van der Waals surface area contributed by atoms with Gasteiger partial charge >= 0.3 is 7.40 Å². The molecular formula is C34H28BF2N5O2. The summed E-state index contributed by atoms with van der Waals surface area (Å²) in [5.74, 6) is 1.63. The third-order valence-electron chi connectivity index (χ3n) is 7.33. The van der Waals surface area contributed by atoms with Gasteiger partial charge in [0.1, 0.15) is 17.3 Å². The van der Waals surface area contributed by atoms with E-state index < -0.39 is 7.40 Å². The molecule has 0 amide bonds. The molecule has 1 aromatic heterocycles. The van der Waals surface area contributed by atoms with Crippen molar-refractivity contribution in [1.82, 2.24) is 4.48 Å². The third kappa shape index (κ3) is 5.57. The summed E-state index contributed by atoms with van der Waals surface area (Å²) in [6.07, 6.45) is 1.88. The maximum absolute atomic E-state index is 15.1. The quantitative estimate of drug-likeness (QED) is 0.146. The first kappa shape index (κ1) is 28.5. The van der Waals surface area contributed by atoms with Gasteiger partial charge in [0.25, 0.3) is 0 Å². The Hall–Kier alpha value is -5.64. The third-order valence-corrected chi connectivity index (χ3v) is 7.33. The van der Waals surface area contributed by atoms with E-state index in [0.717, 1.165) is 15.6 Å².